The molecular weight excluding hydrogens is 577 g/mol. The zero-order chi connectivity index (χ0) is 30.0. The number of aryl methyl sites for hydroxylation is 1. The van der Waals surface area contributed by atoms with E-state index in [9.17, 15) is 9.90 Å². The summed E-state index contributed by atoms with van der Waals surface area (Å²) in [6, 6.07) is 2.44. The van der Waals surface area contributed by atoms with Gasteiger partial charge in [0.1, 0.15) is 28.7 Å². The van der Waals surface area contributed by atoms with Crippen LogP contribution in [0, 0.1) is 6.92 Å². The second-order valence-corrected chi connectivity index (χ2v) is 12.2. The molecule has 43 heavy (non-hydrogen) atoms. The molecule has 3 saturated heterocycles. The molecule has 7 rings (SSSR count). The van der Waals surface area contributed by atoms with Crippen molar-refractivity contribution >= 4 is 51.5 Å². The maximum absolute atomic E-state index is 15.6. The number of aromatic nitrogens is 6. The number of amides is 1. The first kappa shape index (κ1) is 28.0. The SMILES string of the molecule is Cc1nc2c(-c3ccc4ncc(N(C)C)nc4c3Cl)nn(C3CCCCO3)c2nc1N1[C@H]2CC[C@@H]1[C@@H](F)[C@@H](NC(=O)O)C2. The van der Waals surface area contributed by atoms with Gasteiger partial charge in [-0.05, 0) is 57.6 Å². The van der Waals surface area contributed by atoms with E-state index in [4.69, 9.17) is 36.4 Å². The van der Waals surface area contributed by atoms with Crippen molar-refractivity contribution in [2.75, 3.05) is 30.5 Å². The Morgan fingerprint density at radius 2 is 2.00 bits per heavy atom. The standard InChI is InChI=1S/C29H33ClFN9O3/c1-14-27(39-15-7-10-19(39)23(31)18(12-15)34-29(41)42)36-28-26(33-14)24(37-40(28)21-6-4-5-11-43-21)16-8-9-17-25(22(16)30)35-20(13-32-17)38(2)3/h8-9,13,15,18-19,21,23,34H,4-7,10-12H2,1-3H3,(H,41,42)/t15-,18-,19+,21?,23-/m0/s1. The van der Waals surface area contributed by atoms with Gasteiger partial charge in [-0.1, -0.05) is 11.6 Å². The first-order valence-corrected chi connectivity index (χ1v) is 15.0. The molecule has 0 aliphatic carbocycles. The molecule has 0 spiro atoms. The lowest BCUT2D eigenvalue weighted by molar-refractivity contribution is -0.0368. The monoisotopic (exact) mass is 609 g/mol. The molecule has 0 radical (unpaired) electrons. The molecule has 3 aliphatic rings. The molecule has 226 valence electrons. The Balaban J connectivity index is 1.37. The summed E-state index contributed by atoms with van der Waals surface area (Å²) in [6.45, 7) is 2.48. The first-order chi connectivity index (χ1) is 20.7. The molecule has 1 unspecified atom stereocenters. The van der Waals surface area contributed by atoms with Gasteiger partial charge in [-0.3, -0.25) is 4.98 Å². The number of carboxylic acid groups (broad SMARTS) is 1. The molecular formula is C29H33ClFN9O3. The second kappa shape index (κ2) is 10.7. The van der Waals surface area contributed by atoms with Crippen molar-refractivity contribution in [3.05, 3.63) is 29.0 Å². The summed E-state index contributed by atoms with van der Waals surface area (Å²) < 4.78 is 23.6. The van der Waals surface area contributed by atoms with E-state index in [0.29, 0.717) is 75.3 Å². The van der Waals surface area contributed by atoms with Crippen LogP contribution in [0.4, 0.5) is 20.8 Å². The molecule has 1 amide bonds. The predicted molar refractivity (Wildman–Crippen MR) is 161 cm³/mol. The number of hydrogen-bond donors (Lipinski definition) is 2. The van der Waals surface area contributed by atoms with Crippen LogP contribution in [-0.4, -0.2) is 85.9 Å². The minimum Gasteiger partial charge on any atom is -0.465 e. The van der Waals surface area contributed by atoms with E-state index in [-0.39, 0.29) is 12.3 Å². The highest BCUT2D eigenvalue weighted by Gasteiger charge is 2.49. The van der Waals surface area contributed by atoms with Gasteiger partial charge in [0, 0.05) is 32.3 Å². The minimum absolute atomic E-state index is 0.0551. The van der Waals surface area contributed by atoms with Gasteiger partial charge >= 0.3 is 6.09 Å². The van der Waals surface area contributed by atoms with Gasteiger partial charge in [-0.25, -0.2) is 28.8 Å². The van der Waals surface area contributed by atoms with Crippen LogP contribution in [0.2, 0.25) is 5.02 Å². The van der Waals surface area contributed by atoms with Crippen molar-refractivity contribution in [3.63, 3.8) is 0 Å². The fourth-order valence-corrected chi connectivity index (χ4v) is 7.07. The van der Waals surface area contributed by atoms with Crippen LogP contribution >= 0.6 is 11.6 Å². The number of benzene rings is 1. The summed E-state index contributed by atoms with van der Waals surface area (Å²) in [5.74, 6) is 1.27. The number of fused-ring (bicyclic) bond motifs is 4. The zero-order valence-electron chi connectivity index (χ0n) is 24.2. The van der Waals surface area contributed by atoms with E-state index in [1.165, 1.54) is 0 Å². The van der Waals surface area contributed by atoms with Crippen LogP contribution in [0.5, 0.6) is 0 Å². The van der Waals surface area contributed by atoms with Crippen molar-refractivity contribution in [2.24, 2.45) is 0 Å². The number of halogens is 2. The van der Waals surface area contributed by atoms with Crippen LogP contribution in [0.15, 0.2) is 18.3 Å². The molecule has 4 aromatic rings. The van der Waals surface area contributed by atoms with Gasteiger partial charge in [0.2, 0.25) is 0 Å². The van der Waals surface area contributed by atoms with Crippen LogP contribution in [-0.2, 0) is 4.74 Å². The van der Waals surface area contributed by atoms with Crippen LogP contribution in [0.1, 0.15) is 50.4 Å². The lowest BCUT2D eigenvalue weighted by atomic mass is 9.95. The molecule has 2 bridgehead atoms. The number of hydrogen-bond acceptors (Lipinski definition) is 9. The Morgan fingerprint density at radius 1 is 1.16 bits per heavy atom. The lowest BCUT2D eigenvalue weighted by Gasteiger charge is -2.42. The summed E-state index contributed by atoms with van der Waals surface area (Å²) in [5, 5.41) is 17.0. The number of nitrogens with one attached hydrogen (secondary N) is 1. The topological polar surface area (TPSA) is 134 Å². The van der Waals surface area contributed by atoms with Gasteiger partial charge in [0.05, 0.1) is 34.5 Å². The second-order valence-electron chi connectivity index (χ2n) is 11.8. The van der Waals surface area contributed by atoms with Crippen LogP contribution < -0.4 is 15.1 Å². The van der Waals surface area contributed by atoms with E-state index >= 15 is 4.39 Å². The van der Waals surface area contributed by atoms with Crippen molar-refractivity contribution < 1.29 is 19.0 Å². The van der Waals surface area contributed by atoms with Crippen LogP contribution in [0.3, 0.4) is 0 Å². The van der Waals surface area contributed by atoms with Crippen molar-refractivity contribution in [3.8, 4) is 11.3 Å². The molecule has 3 fully saturated rings. The van der Waals surface area contributed by atoms with Gasteiger partial charge in [0.15, 0.2) is 17.7 Å². The highest BCUT2D eigenvalue weighted by Crippen LogP contribution is 2.43. The Labute approximate surface area is 252 Å². The van der Waals surface area contributed by atoms with E-state index in [2.05, 4.69) is 10.3 Å². The molecule has 3 aromatic heterocycles. The van der Waals surface area contributed by atoms with Crippen molar-refractivity contribution in [2.45, 2.75) is 76.0 Å². The number of nitrogens with zero attached hydrogens (tertiary/aromatic N) is 8. The fraction of sp³-hybridized carbons (Fsp3) is 0.517. The summed E-state index contributed by atoms with van der Waals surface area (Å²) in [5.41, 5.74) is 4.19. The molecule has 14 heteroatoms. The number of carbonyl (C=O) groups is 1. The molecule has 2 N–H and O–H groups in total. The first-order valence-electron chi connectivity index (χ1n) is 14.6. The molecule has 0 saturated carbocycles. The highest BCUT2D eigenvalue weighted by atomic mass is 35.5. The van der Waals surface area contributed by atoms with E-state index in [1.807, 2.05) is 43.0 Å². The van der Waals surface area contributed by atoms with Crippen LogP contribution in [0.25, 0.3) is 33.5 Å². The predicted octanol–water partition coefficient (Wildman–Crippen LogP) is 4.88. The lowest BCUT2D eigenvalue weighted by Crippen LogP contribution is -2.58. The average molecular weight is 610 g/mol. The molecule has 3 aliphatic heterocycles. The van der Waals surface area contributed by atoms with E-state index in [0.717, 1.165) is 25.7 Å². The number of alkyl halides is 1. The summed E-state index contributed by atoms with van der Waals surface area (Å²) >= 11 is 7.01. The van der Waals surface area contributed by atoms with Gasteiger partial charge in [0.25, 0.3) is 0 Å². The maximum Gasteiger partial charge on any atom is 0.404 e. The molecule has 5 atom stereocenters. The number of piperidine rings is 1. The normalized spacial score (nSPS) is 25.4. The smallest absolute Gasteiger partial charge is 0.404 e. The van der Waals surface area contributed by atoms with Gasteiger partial charge in [-0.15, -0.1) is 0 Å². The number of anilines is 2. The maximum atomic E-state index is 15.6. The fourth-order valence-electron chi connectivity index (χ4n) is 6.77. The number of rotatable bonds is 5. The Morgan fingerprint density at radius 3 is 2.74 bits per heavy atom. The molecule has 6 heterocycles. The van der Waals surface area contributed by atoms with Gasteiger partial charge in [-0.2, -0.15) is 5.10 Å². The van der Waals surface area contributed by atoms with Crippen molar-refractivity contribution in [1.29, 1.82) is 0 Å². The molecule has 12 nitrogen and oxygen atoms in total. The summed E-state index contributed by atoms with van der Waals surface area (Å²) in [6.07, 6.45) is 3.27. The van der Waals surface area contributed by atoms with E-state index in [1.54, 1.807) is 10.9 Å². The summed E-state index contributed by atoms with van der Waals surface area (Å²) in [7, 11) is 3.79. The quantitative estimate of drug-likeness (QED) is 0.322. The summed E-state index contributed by atoms with van der Waals surface area (Å²) in [4.78, 5) is 34.6. The highest BCUT2D eigenvalue weighted by molar-refractivity contribution is 6.38. The van der Waals surface area contributed by atoms with E-state index < -0.39 is 24.3 Å². The largest absolute Gasteiger partial charge is 0.465 e. The minimum atomic E-state index is -1.36. The third-order valence-corrected chi connectivity index (χ3v) is 9.22. The molecule has 1 aromatic carbocycles. The number of ether oxygens (including phenoxy) is 1. The van der Waals surface area contributed by atoms with Crippen molar-refractivity contribution in [1.82, 2.24) is 35.0 Å². The average Bonchev–Trinajstić information content (AvgIpc) is 3.52. The third kappa shape index (κ3) is 4.69. The zero-order valence-corrected chi connectivity index (χ0v) is 24.9. The Hall–Kier alpha value is -3.84. The van der Waals surface area contributed by atoms with Gasteiger partial charge < -0.3 is 25.0 Å². The third-order valence-electron chi connectivity index (χ3n) is 8.84. The Bertz CT molecular complexity index is 1730. The Kier molecular flexibility index (Phi) is 6.96.